The number of anilines is 1. The third kappa shape index (κ3) is 3.96. The van der Waals surface area contributed by atoms with E-state index < -0.39 is 0 Å². The van der Waals surface area contributed by atoms with E-state index in [9.17, 15) is 0 Å². The van der Waals surface area contributed by atoms with Gasteiger partial charge in [-0.25, -0.2) is 4.98 Å². The fourth-order valence-electron chi connectivity index (χ4n) is 2.30. The Bertz CT molecular complexity index is 359. The predicted octanol–water partition coefficient (Wildman–Crippen LogP) is 1.24. The highest BCUT2D eigenvalue weighted by atomic mass is 15.1. The Morgan fingerprint density at radius 1 is 1.33 bits per heavy atom. The number of hydrogen-bond acceptors (Lipinski definition) is 4. The van der Waals surface area contributed by atoms with Crippen LogP contribution in [0.4, 0.5) is 5.82 Å². The van der Waals surface area contributed by atoms with Crippen molar-refractivity contribution < 1.29 is 0 Å². The lowest BCUT2D eigenvalue weighted by Gasteiger charge is -2.22. The van der Waals surface area contributed by atoms with Gasteiger partial charge in [0, 0.05) is 20.6 Å². The van der Waals surface area contributed by atoms with Gasteiger partial charge in [-0.05, 0) is 50.5 Å². The maximum Gasteiger partial charge on any atom is 0.128 e. The van der Waals surface area contributed by atoms with Crippen molar-refractivity contribution in [1.82, 2.24) is 15.6 Å². The van der Waals surface area contributed by atoms with Crippen LogP contribution in [0.1, 0.15) is 18.5 Å². The van der Waals surface area contributed by atoms with Gasteiger partial charge in [0.2, 0.25) is 0 Å². The molecule has 2 heterocycles. The molecule has 0 amide bonds. The summed E-state index contributed by atoms with van der Waals surface area (Å²) in [5.41, 5.74) is 1.12. The first-order valence-corrected chi connectivity index (χ1v) is 6.80. The molecule has 0 saturated carbocycles. The van der Waals surface area contributed by atoms with Crippen LogP contribution in [0.25, 0.3) is 0 Å². The Morgan fingerprint density at radius 3 is 2.83 bits per heavy atom. The second kappa shape index (κ2) is 6.71. The molecule has 0 atom stereocenters. The average Bonchev–Trinajstić information content (AvgIpc) is 2.40. The fourth-order valence-corrected chi connectivity index (χ4v) is 2.30. The average molecular weight is 248 g/mol. The van der Waals surface area contributed by atoms with Crippen molar-refractivity contribution in [2.75, 3.05) is 38.6 Å². The summed E-state index contributed by atoms with van der Waals surface area (Å²) >= 11 is 0. The first kappa shape index (κ1) is 13.3. The second-order valence-corrected chi connectivity index (χ2v) is 5.21. The molecule has 4 nitrogen and oxygen atoms in total. The van der Waals surface area contributed by atoms with Crippen LogP contribution in [0.5, 0.6) is 0 Å². The molecule has 0 bridgehead atoms. The SMILES string of the molecule is CN(C)c1cccc(CNCC2CCNCC2)n1. The van der Waals surface area contributed by atoms with Crippen molar-refractivity contribution in [3.8, 4) is 0 Å². The quantitative estimate of drug-likeness (QED) is 0.822. The van der Waals surface area contributed by atoms with Crippen LogP contribution in [0.3, 0.4) is 0 Å². The molecule has 1 aliphatic heterocycles. The summed E-state index contributed by atoms with van der Waals surface area (Å²) in [6.45, 7) is 4.31. The molecule has 4 heteroatoms. The number of pyridine rings is 1. The van der Waals surface area contributed by atoms with E-state index in [0.717, 1.165) is 30.5 Å². The van der Waals surface area contributed by atoms with Gasteiger partial charge >= 0.3 is 0 Å². The van der Waals surface area contributed by atoms with Gasteiger partial charge in [-0.2, -0.15) is 0 Å². The van der Waals surface area contributed by atoms with Crippen LogP contribution < -0.4 is 15.5 Å². The molecule has 0 aromatic carbocycles. The smallest absolute Gasteiger partial charge is 0.128 e. The molecule has 1 saturated heterocycles. The van der Waals surface area contributed by atoms with Gasteiger partial charge in [-0.15, -0.1) is 0 Å². The van der Waals surface area contributed by atoms with Crippen LogP contribution >= 0.6 is 0 Å². The largest absolute Gasteiger partial charge is 0.363 e. The molecular formula is C14H24N4. The van der Waals surface area contributed by atoms with Crippen molar-refractivity contribution in [2.45, 2.75) is 19.4 Å². The highest BCUT2D eigenvalue weighted by Crippen LogP contribution is 2.11. The number of nitrogens with one attached hydrogen (secondary N) is 2. The Balaban J connectivity index is 1.77. The van der Waals surface area contributed by atoms with Crippen LogP contribution in [-0.4, -0.2) is 38.7 Å². The third-order valence-corrected chi connectivity index (χ3v) is 3.45. The van der Waals surface area contributed by atoms with Gasteiger partial charge in [0.1, 0.15) is 5.82 Å². The number of piperidine rings is 1. The van der Waals surface area contributed by atoms with Gasteiger partial charge in [0.25, 0.3) is 0 Å². The molecule has 1 aromatic rings. The van der Waals surface area contributed by atoms with Crippen LogP contribution in [0.15, 0.2) is 18.2 Å². The normalized spacial score (nSPS) is 16.8. The molecule has 0 spiro atoms. The molecule has 2 rings (SSSR count). The Labute approximate surface area is 110 Å². The Morgan fingerprint density at radius 2 is 2.11 bits per heavy atom. The Kier molecular flexibility index (Phi) is 4.96. The molecule has 0 radical (unpaired) electrons. The van der Waals surface area contributed by atoms with Crippen molar-refractivity contribution in [1.29, 1.82) is 0 Å². The van der Waals surface area contributed by atoms with Gasteiger partial charge in [-0.3, -0.25) is 0 Å². The summed E-state index contributed by atoms with van der Waals surface area (Å²) in [4.78, 5) is 6.64. The molecule has 0 unspecified atom stereocenters. The zero-order chi connectivity index (χ0) is 12.8. The summed E-state index contributed by atoms with van der Waals surface area (Å²) < 4.78 is 0. The first-order chi connectivity index (χ1) is 8.75. The summed E-state index contributed by atoms with van der Waals surface area (Å²) in [5.74, 6) is 1.85. The van der Waals surface area contributed by atoms with E-state index in [1.807, 2.05) is 25.1 Å². The zero-order valence-electron chi connectivity index (χ0n) is 11.4. The molecular weight excluding hydrogens is 224 g/mol. The number of aromatic nitrogens is 1. The zero-order valence-corrected chi connectivity index (χ0v) is 11.4. The lowest BCUT2D eigenvalue weighted by molar-refractivity contribution is 0.356. The molecule has 2 N–H and O–H groups in total. The molecule has 18 heavy (non-hydrogen) atoms. The van der Waals surface area contributed by atoms with Gasteiger partial charge in [0.05, 0.1) is 5.69 Å². The van der Waals surface area contributed by atoms with Crippen molar-refractivity contribution in [3.05, 3.63) is 23.9 Å². The van der Waals surface area contributed by atoms with Crippen LogP contribution in [0.2, 0.25) is 0 Å². The maximum absolute atomic E-state index is 4.61. The van der Waals surface area contributed by atoms with Crippen LogP contribution in [-0.2, 0) is 6.54 Å². The summed E-state index contributed by atoms with van der Waals surface area (Å²) in [6.07, 6.45) is 2.58. The van der Waals surface area contributed by atoms with Crippen LogP contribution in [0, 0.1) is 5.92 Å². The molecule has 100 valence electrons. The minimum absolute atomic E-state index is 0.822. The van der Waals surface area contributed by atoms with E-state index in [4.69, 9.17) is 0 Å². The number of hydrogen-bond donors (Lipinski definition) is 2. The molecule has 1 aliphatic rings. The summed E-state index contributed by atoms with van der Waals surface area (Å²) in [6, 6.07) is 6.20. The third-order valence-electron chi connectivity index (χ3n) is 3.45. The van der Waals surface area contributed by atoms with Gasteiger partial charge in [-0.1, -0.05) is 6.07 Å². The van der Waals surface area contributed by atoms with Crippen molar-refractivity contribution >= 4 is 5.82 Å². The highest BCUT2D eigenvalue weighted by Gasteiger charge is 2.12. The van der Waals surface area contributed by atoms with E-state index in [1.54, 1.807) is 0 Å². The topological polar surface area (TPSA) is 40.2 Å². The second-order valence-electron chi connectivity index (χ2n) is 5.21. The number of nitrogens with zero attached hydrogens (tertiary/aromatic N) is 2. The standard InChI is InChI=1S/C14H24N4/c1-18(2)14-5-3-4-13(17-14)11-16-10-12-6-8-15-9-7-12/h3-5,12,15-16H,6-11H2,1-2H3. The van der Waals surface area contributed by atoms with E-state index in [0.29, 0.717) is 0 Å². The monoisotopic (exact) mass is 248 g/mol. The number of rotatable bonds is 5. The molecule has 1 aromatic heterocycles. The minimum atomic E-state index is 0.822. The van der Waals surface area contributed by atoms with Gasteiger partial charge in [0.15, 0.2) is 0 Å². The van der Waals surface area contributed by atoms with Gasteiger partial charge < -0.3 is 15.5 Å². The highest BCUT2D eigenvalue weighted by molar-refractivity contribution is 5.36. The lowest BCUT2D eigenvalue weighted by Crippen LogP contribution is -2.33. The minimum Gasteiger partial charge on any atom is -0.363 e. The molecule has 0 aliphatic carbocycles. The van der Waals surface area contributed by atoms with E-state index >= 15 is 0 Å². The summed E-state index contributed by atoms with van der Waals surface area (Å²) in [5, 5.41) is 6.93. The van der Waals surface area contributed by atoms with Crippen molar-refractivity contribution in [2.24, 2.45) is 5.92 Å². The first-order valence-electron chi connectivity index (χ1n) is 6.80. The lowest BCUT2D eigenvalue weighted by atomic mass is 9.98. The molecule has 1 fully saturated rings. The van der Waals surface area contributed by atoms with E-state index in [-0.39, 0.29) is 0 Å². The van der Waals surface area contributed by atoms with E-state index in [2.05, 4.69) is 27.8 Å². The van der Waals surface area contributed by atoms with Crippen molar-refractivity contribution in [3.63, 3.8) is 0 Å². The fraction of sp³-hybridized carbons (Fsp3) is 0.643. The summed E-state index contributed by atoms with van der Waals surface area (Å²) in [7, 11) is 4.04. The Hall–Kier alpha value is -1.13. The maximum atomic E-state index is 4.61. The predicted molar refractivity (Wildman–Crippen MR) is 75.9 cm³/mol. The van der Waals surface area contributed by atoms with E-state index in [1.165, 1.54) is 25.9 Å².